The van der Waals surface area contributed by atoms with Crippen LogP contribution in [0.2, 0.25) is 0 Å². The van der Waals surface area contributed by atoms with Gasteiger partial charge in [-0.2, -0.15) is 0 Å². The zero-order chi connectivity index (χ0) is 22.7. The van der Waals surface area contributed by atoms with Gasteiger partial charge in [0.25, 0.3) is 11.8 Å². The zero-order valence-corrected chi connectivity index (χ0v) is 18.8. The second kappa shape index (κ2) is 9.51. The van der Waals surface area contributed by atoms with Crippen molar-refractivity contribution in [3.05, 3.63) is 53.6 Å². The fourth-order valence-corrected chi connectivity index (χ4v) is 4.07. The fraction of sp³-hybridized carbons (Fsp3) is 0.440. The molecule has 2 aliphatic heterocycles. The number of ether oxygens (including phenoxy) is 3. The van der Waals surface area contributed by atoms with Crippen LogP contribution in [-0.2, 0) is 4.79 Å². The van der Waals surface area contributed by atoms with E-state index in [-0.39, 0.29) is 24.6 Å². The Balaban J connectivity index is 1.28. The SMILES string of the molecule is CC(Oc1ccccc1C(C)C)C(=O)NC1CCN(C(=O)c2ccc3c(c2)OCO3)CC1. The van der Waals surface area contributed by atoms with E-state index in [1.165, 1.54) is 0 Å². The summed E-state index contributed by atoms with van der Waals surface area (Å²) in [5.41, 5.74) is 1.67. The van der Waals surface area contributed by atoms with Crippen LogP contribution in [0.25, 0.3) is 0 Å². The molecule has 0 saturated carbocycles. The minimum atomic E-state index is -0.594. The summed E-state index contributed by atoms with van der Waals surface area (Å²) >= 11 is 0. The third kappa shape index (κ3) is 4.82. The Bertz CT molecular complexity index is 982. The van der Waals surface area contributed by atoms with Crippen molar-refractivity contribution >= 4 is 11.8 Å². The largest absolute Gasteiger partial charge is 0.481 e. The molecular formula is C25H30N2O5. The van der Waals surface area contributed by atoms with E-state index in [4.69, 9.17) is 14.2 Å². The van der Waals surface area contributed by atoms with Crippen LogP contribution in [0.4, 0.5) is 0 Å². The van der Waals surface area contributed by atoms with Crippen molar-refractivity contribution in [3.63, 3.8) is 0 Å². The highest BCUT2D eigenvalue weighted by atomic mass is 16.7. The molecule has 2 aliphatic rings. The number of nitrogens with one attached hydrogen (secondary N) is 1. The van der Waals surface area contributed by atoms with Crippen molar-refractivity contribution in [2.24, 2.45) is 0 Å². The number of benzene rings is 2. The van der Waals surface area contributed by atoms with E-state index in [0.717, 1.165) is 11.3 Å². The Kier molecular flexibility index (Phi) is 6.53. The van der Waals surface area contributed by atoms with Crippen molar-refractivity contribution in [2.75, 3.05) is 19.9 Å². The Morgan fingerprint density at radius 1 is 1.03 bits per heavy atom. The number of para-hydroxylation sites is 1. The summed E-state index contributed by atoms with van der Waals surface area (Å²) in [5.74, 6) is 2.16. The van der Waals surface area contributed by atoms with Crippen LogP contribution < -0.4 is 19.5 Å². The molecule has 1 saturated heterocycles. The van der Waals surface area contributed by atoms with E-state index in [9.17, 15) is 9.59 Å². The summed E-state index contributed by atoms with van der Waals surface area (Å²) in [6, 6.07) is 13.1. The smallest absolute Gasteiger partial charge is 0.260 e. The number of likely N-dealkylation sites (tertiary alicyclic amines) is 1. The molecule has 0 aromatic heterocycles. The maximum absolute atomic E-state index is 12.8. The molecule has 0 aliphatic carbocycles. The van der Waals surface area contributed by atoms with Gasteiger partial charge in [0.05, 0.1) is 0 Å². The van der Waals surface area contributed by atoms with Crippen LogP contribution in [0.5, 0.6) is 17.2 Å². The Labute approximate surface area is 188 Å². The standard InChI is InChI=1S/C25H30N2O5/c1-16(2)20-6-4-5-7-21(20)32-17(3)24(28)26-19-10-12-27(13-11-19)25(29)18-8-9-22-23(14-18)31-15-30-22/h4-9,14,16-17,19H,10-13,15H2,1-3H3,(H,26,28). The van der Waals surface area contributed by atoms with E-state index in [1.807, 2.05) is 29.2 Å². The van der Waals surface area contributed by atoms with Crippen molar-refractivity contribution in [1.82, 2.24) is 10.2 Å². The van der Waals surface area contributed by atoms with Gasteiger partial charge in [0.1, 0.15) is 5.75 Å². The molecule has 7 nitrogen and oxygen atoms in total. The fourth-order valence-electron chi connectivity index (χ4n) is 4.07. The molecule has 0 spiro atoms. The topological polar surface area (TPSA) is 77.1 Å². The number of nitrogens with zero attached hydrogens (tertiary/aromatic N) is 1. The summed E-state index contributed by atoms with van der Waals surface area (Å²) in [6.07, 6.45) is 0.817. The lowest BCUT2D eigenvalue weighted by Crippen LogP contribution is -2.49. The van der Waals surface area contributed by atoms with Crippen LogP contribution in [0.1, 0.15) is 55.5 Å². The molecule has 2 aromatic carbocycles. The predicted octanol–water partition coefficient (Wildman–Crippen LogP) is 3.73. The molecule has 1 fully saturated rings. The first-order chi connectivity index (χ1) is 15.4. The maximum atomic E-state index is 12.8. The number of amides is 2. The summed E-state index contributed by atoms with van der Waals surface area (Å²) in [5, 5.41) is 3.08. The molecule has 2 amide bonds. The van der Waals surface area contributed by atoms with Crippen molar-refractivity contribution in [3.8, 4) is 17.2 Å². The average Bonchev–Trinajstić information content (AvgIpc) is 3.27. The van der Waals surface area contributed by atoms with Crippen LogP contribution in [0, 0.1) is 0 Å². The maximum Gasteiger partial charge on any atom is 0.260 e. The van der Waals surface area contributed by atoms with E-state index in [0.29, 0.717) is 48.9 Å². The van der Waals surface area contributed by atoms with Gasteiger partial charge in [-0.1, -0.05) is 32.0 Å². The highest BCUT2D eigenvalue weighted by Crippen LogP contribution is 2.33. The zero-order valence-electron chi connectivity index (χ0n) is 18.8. The lowest BCUT2D eigenvalue weighted by atomic mass is 10.0. The number of hydrogen-bond acceptors (Lipinski definition) is 5. The number of piperidine rings is 1. The van der Waals surface area contributed by atoms with Crippen LogP contribution in [0.15, 0.2) is 42.5 Å². The van der Waals surface area contributed by atoms with Gasteiger partial charge in [0.2, 0.25) is 6.79 Å². The number of carbonyl (C=O) groups excluding carboxylic acids is 2. The lowest BCUT2D eigenvalue weighted by molar-refractivity contribution is -0.128. The number of hydrogen-bond donors (Lipinski definition) is 1. The monoisotopic (exact) mass is 438 g/mol. The van der Waals surface area contributed by atoms with Gasteiger partial charge in [-0.15, -0.1) is 0 Å². The molecule has 0 bridgehead atoms. The molecule has 1 N–H and O–H groups in total. The minimum Gasteiger partial charge on any atom is -0.481 e. The highest BCUT2D eigenvalue weighted by Gasteiger charge is 2.27. The van der Waals surface area contributed by atoms with E-state index >= 15 is 0 Å². The molecule has 0 radical (unpaired) electrons. The molecule has 2 heterocycles. The molecule has 7 heteroatoms. The van der Waals surface area contributed by atoms with Crippen LogP contribution >= 0.6 is 0 Å². The van der Waals surface area contributed by atoms with Gasteiger partial charge in [0, 0.05) is 24.7 Å². The molecule has 4 rings (SSSR count). The average molecular weight is 439 g/mol. The van der Waals surface area contributed by atoms with Gasteiger partial charge in [-0.3, -0.25) is 9.59 Å². The first-order valence-electron chi connectivity index (χ1n) is 11.2. The Hall–Kier alpha value is -3.22. The van der Waals surface area contributed by atoms with Gasteiger partial charge in [0.15, 0.2) is 17.6 Å². The summed E-state index contributed by atoms with van der Waals surface area (Å²) in [7, 11) is 0. The molecule has 1 atom stereocenters. The highest BCUT2D eigenvalue weighted by molar-refractivity contribution is 5.95. The van der Waals surface area contributed by atoms with E-state index < -0.39 is 6.10 Å². The molecule has 32 heavy (non-hydrogen) atoms. The lowest BCUT2D eigenvalue weighted by Gasteiger charge is -2.33. The molecular weight excluding hydrogens is 408 g/mol. The van der Waals surface area contributed by atoms with Gasteiger partial charge >= 0.3 is 0 Å². The molecule has 170 valence electrons. The van der Waals surface area contributed by atoms with Gasteiger partial charge in [-0.25, -0.2) is 0 Å². The normalized spacial score (nSPS) is 16.7. The second-order valence-electron chi connectivity index (χ2n) is 8.60. The number of rotatable bonds is 6. The van der Waals surface area contributed by atoms with Crippen LogP contribution in [-0.4, -0.2) is 48.7 Å². The second-order valence-corrected chi connectivity index (χ2v) is 8.60. The van der Waals surface area contributed by atoms with Crippen LogP contribution in [0.3, 0.4) is 0 Å². The quantitative estimate of drug-likeness (QED) is 0.744. The number of carbonyl (C=O) groups is 2. The van der Waals surface area contributed by atoms with E-state index in [1.54, 1.807) is 25.1 Å². The third-order valence-electron chi connectivity index (χ3n) is 5.96. The Morgan fingerprint density at radius 3 is 2.50 bits per heavy atom. The van der Waals surface area contributed by atoms with Gasteiger partial charge < -0.3 is 24.4 Å². The third-order valence-corrected chi connectivity index (χ3v) is 5.96. The number of fused-ring (bicyclic) bond motifs is 1. The molecule has 2 aromatic rings. The van der Waals surface area contributed by atoms with Crippen molar-refractivity contribution in [2.45, 2.75) is 51.7 Å². The van der Waals surface area contributed by atoms with Crippen molar-refractivity contribution < 1.29 is 23.8 Å². The van der Waals surface area contributed by atoms with Crippen molar-refractivity contribution in [1.29, 1.82) is 0 Å². The van der Waals surface area contributed by atoms with E-state index in [2.05, 4.69) is 19.2 Å². The minimum absolute atomic E-state index is 0.0229. The van der Waals surface area contributed by atoms with Gasteiger partial charge in [-0.05, 0) is 55.5 Å². The first kappa shape index (κ1) is 22.0. The molecule has 1 unspecified atom stereocenters. The summed E-state index contributed by atoms with van der Waals surface area (Å²) in [4.78, 5) is 27.4. The first-order valence-corrected chi connectivity index (χ1v) is 11.2. The summed E-state index contributed by atoms with van der Waals surface area (Å²) in [6.45, 7) is 7.33. The predicted molar refractivity (Wildman–Crippen MR) is 120 cm³/mol. The Morgan fingerprint density at radius 2 is 1.75 bits per heavy atom. The summed E-state index contributed by atoms with van der Waals surface area (Å²) < 4.78 is 16.6.